The van der Waals surface area contributed by atoms with Crippen molar-refractivity contribution in [1.29, 1.82) is 0 Å². The van der Waals surface area contributed by atoms with Crippen molar-refractivity contribution in [2.75, 3.05) is 25.5 Å². The van der Waals surface area contributed by atoms with Crippen LogP contribution < -0.4 is 21.0 Å². The molecule has 38 heavy (non-hydrogen) atoms. The summed E-state index contributed by atoms with van der Waals surface area (Å²) < 4.78 is 36.7. The number of rotatable bonds is 11. The highest BCUT2D eigenvalue weighted by molar-refractivity contribution is 7.52. The summed E-state index contributed by atoms with van der Waals surface area (Å²) in [7, 11) is -4.03. The first-order valence-corrected chi connectivity index (χ1v) is 13.6. The number of anilines is 1. The number of para-hydroxylation sites is 1. The highest BCUT2D eigenvalue weighted by Gasteiger charge is 2.54. The Morgan fingerprint density at radius 2 is 1.97 bits per heavy atom. The average molecular weight is 555 g/mol. The summed E-state index contributed by atoms with van der Waals surface area (Å²) in [5.74, 6) is -0.107. The number of nitrogens with two attached hydrogens (primary N) is 1. The van der Waals surface area contributed by atoms with Gasteiger partial charge in [-0.05, 0) is 52.3 Å². The fraction of sp³-hybridized carbons (Fsp3) is 0.542. The third-order valence-corrected chi connectivity index (χ3v) is 7.26. The van der Waals surface area contributed by atoms with Crippen molar-refractivity contribution in [2.24, 2.45) is 5.41 Å². The average Bonchev–Trinajstić information content (AvgIpc) is 3.06. The van der Waals surface area contributed by atoms with Gasteiger partial charge in [0.1, 0.15) is 29.4 Å². The second-order valence-corrected chi connectivity index (χ2v) is 11.8. The molecule has 0 aliphatic carbocycles. The normalized spacial score (nSPS) is 25.1. The summed E-state index contributed by atoms with van der Waals surface area (Å²) in [5, 5.41) is 24.3. The first-order chi connectivity index (χ1) is 17.7. The minimum absolute atomic E-state index is 0.0115. The van der Waals surface area contributed by atoms with E-state index < -0.39 is 49.5 Å². The van der Waals surface area contributed by atoms with Gasteiger partial charge in [-0.2, -0.15) is 4.98 Å². The minimum atomic E-state index is -4.03. The Bertz CT molecular complexity index is 1200. The molecule has 2 aromatic rings. The Morgan fingerprint density at radius 3 is 2.61 bits per heavy atom. The number of aliphatic hydroxyl groups excluding tert-OH is 1. The maximum absolute atomic E-state index is 13.6. The van der Waals surface area contributed by atoms with E-state index in [1.54, 1.807) is 51.1 Å². The molecule has 1 unspecified atom stereocenters. The van der Waals surface area contributed by atoms with Crippen LogP contribution in [0.4, 0.5) is 5.82 Å². The van der Waals surface area contributed by atoms with Gasteiger partial charge in [-0.3, -0.25) is 13.9 Å². The summed E-state index contributed by atoms with van der Waals surface area (Å²) in [6.45, 7) is 6.26. The van der Waals surface area contributed by atoms with Crippen LogP contribution in [0.2, 0.25) is 0 Å². The molecule has 1 aromatic carbocycles. The Labute approximate surface area is 220 Å². The lowest BCUT2D eigenvalue weighted by Gasteiger charge is -2.27. The summed E-state index contributed by atoms with van der Waals surface area (Å²) in [5.41, 5.74) is 2.19. The largest absolute Gasteiger partial charge is 0.465 e. The van der Waals surface area contributed by atoms with Gasteiger partial charge in [0.05, 0.1) is 18.6 Å². The predicted octanol–water partition coefficient (Wildman–Crippen LogP) is 1.61. The van der Waals surface area contributed by atoms with Crippen molar-refractivity contribution >= 4 is 19.5 Å². The van der Waals surface area contributed by atoms with Crippen LogP contribution in [-0.2, 0) is 23.4 Å². The second kappa shape index (κ2) is 11.9. The molecule has 14 heteroatoms. The van der Waals surface area contributed by atoms with Crippen LogP contribution in [0, 0.1) is 5.41 Å². The molecule has 0 bridgehead atoms. The molecule has 5 atom stereocenters. The van der Waals surface area contributed by atoms with Crippen molar-refractivity contribution < 1.29 is 38.1 Å². The van der Waals surface area contributed by atoms with Crippen molar-refractivity contribution in [3.05, 3.63) is 53.1 Å². The van der Waals surface area contributed by atoms with E-state index in [1.165, 1.54) is 19.2 Å². The van der Waals surface area contributed by atoms with Crippen molar-refractivity contribution in [2.45, 2.75) is 58.2 Å². The van der Waals surface area contributed by atoms with Crippen LogP contribution in [0.3, 0.4) is 0 Å². The number of hydrogen-bond donors (Lipinski definition) is 4. The number of carbonyl (C=O) groups is 1. The first-order valence-electron chi connectivity index (χ1n) is 12.0. The van der Waals surface area contributed by atoms with Gasteiger partial charge in [0.15, 0.2) is 6.23 Å². The van der Waals surface area contributed by atoms with E-state index >= 15 is 0 Å². The third kappa shape index (κ3) is 7.40. The Morgan fingerprint density at radius 1 is 1.29 bits per heavy atom. The molecule has 210 valence electrons. The molecule has 0 spiro atoms. The molecule has 1 fully saturated rings. The molecule has 0 amide bonds. The van der Waals surface area contributed by atoms with E-state index in [0.717, 1.165) is 4.57 Å². The van der Waals surface area contributed by atoms with Crippen molar-refractivity contribution in [3.63, 3.8) is 0 Å². The lowest BCUT2D eigenvalue weighted by Crippen LogP contribution is -2.46. The highest BCUT2D eigenvalue weighted by atomic mass is 31.2. The molecule has 2 heterocycles. The molecule has 3 rings (SSSR count). The molecule has 13 nitrogen and oxygen atoms in total. The lowest BCUT2D eigenvalue weighted by atomic mass is 9.96. The molecule has 1 aromatic heterocycles. The van der Waals surface area contributed by atoms with Gasteiger partial charge in [0.25, 0.3) is 0 Å². The lowest BCUT2D eigenvalue weighted by molar-refractivity contribution is -0.152. The molecule has 1 aliphatic rings. The Hall–Kier alpha value is -2.80. The third-order valence-electron chi connectivity index (χ3n) is 5.71. The summed E-state index contributed by atoms with van der Waals surface area (Å²) in [4.78, 5) is 27.8. The number of esters is 1. The van der Waals surface area contributed by atoms with Gasteiger partial charge in [0, 0.05) is 12.7 Å². The summed E-state index contributed by atoms with van der Waals surface area (Å²) in [6, 6.07) is 9.66. The Kier molecular flexibility index (Phi) is 9.34. The number of nitrogens with zero attached hydrogens (tertiary/aromatic N) is 2. The molecular weight excluding hydrogens is 519 g/mol. The minimum Gasteiger partial charge on any atom is -0.465 e. The molecular formula is C24H35N4O9P. The van der Waals surface area contributed by atoms with Gasteiger partial charge in [-0.15, -0.1) is 0 Å². The van der Waals surface area contributed by atoms with E-state index in [4.69, 9.17) is 24.3 Å². The standard InChI is InChI=1S/C24H35N4O9P/c1-23(2,3)21(30)34-14-8-12-26-38(33,37-16-9-6-5-7-10-16)35-15-17-19(29)24(4,32)20(36-17)28-13-11-18(25)27-22(28)31/h5-7,9-11,13,17,19-20,29,32H,8,12,14-15H2,1-4H3,(H,26,33)(H2,25,27,31)/t17-,19-,20+,24-,38?/m1/s1. The van der Waals surface area contributed by atoms with E-state index in [-0.39, 0.29) is 30.7 Å². The van der Waals surface area contributed by atoms with Crippen molar-refractivity contribution in [3.8, 4) is 5.75 Å². The van der Waals surface area contributed by atoms with E-state index in [1.807, 2.05) is 0 Å². The van der Waals surface area contributed by atoms with Gasteiger partial charge < -0.3 is 29.9 Å². The topological polar surface area (TPSA) is 184 Å². The molecule has 1 saturated heterocycles. The zero-order chi connectivity index (χ0) is 28.1. The monoisotopic (exact) mass is 554 g/mol. The smallest absolute Gasteiger partial charge is 0.458 e. The maximum atomic E-state index is 13.6. The predicted molar refractivity (Wildman–Crippen MR) is 137 cm³/mol. The van der Waals surface area contributed by atoms with Crippen LogP contribution >= 0.6 is 7.75 Å². The quantitative estimate of drug-likeness (QED) is 0.179. The van der Waals surface area contributed by atoms with Gasteiger partial charge in [-0.25, -0.2) is 14.4 Å². The molecule has 0 radical (unpaired) electrons. The van der Waals surface area contributed by atoms with Crippen LogP contribution in [0.1, 0.15) is 40.3 Å². The number of aromatic nitrogens is 2. The fourth-order valence-electron chi connectivity index (χ4n) is 3.55. The van der Waals surface area contributed by atoms with Gasteiger partial charge >= 0.3 is 19.4 Å². The maximum Gasteiger partial charge on any atom is 0.458 e. The second-order valence-electron chi connectivity index (χ2n) is 10.1. The van der Waals surface area contributed by atoms with E-state index in [2.05, 4.69) is 10.1 Å². The number of aliphatic hydroxyl groups is 2. The van der Waals surface area contributed by atoms with Gasteiger partial charge in [-0.1, -0.05) is 18.2 Å². The zero-order valence-electron chi connectivity index (χ0n) is 21.8. The van der Waals surface area contributed by atoms with Crippen LogP contribution in [0.25, 0.3) is 0 Å². The fourth-order valence-corrected chi connectivity index (χ4v) is 4.93. The van der Waals surface area contributed by atoms with E-state index in [9.17, 15) is 24.4 Å². The zero-order valence-corrected chi connectivity index (χ0v) is 22.7. The van der Waals surface area contributed by atoms with Crippen molar-refractivity contribution in [1.82, 2.24) is 14.6 Å². The first kappa shape index (κ1) is 29.8. The number of benzene rings is 1. The van der Waals surface area contributed by atoms with Gasteiger partial charge in [0.2, 0.25) is 0 Å². The Balaban J connectivity index is 1.67. The van der Waals surface area contributed by atoms with Crippen LogP contribution in [0.15, 0.2) is 47.4 Å². The van der Waals surface area contributed by atoms with Crippen LogP contribution in [0.5, 0.6) is 5.75 Å². The number of ether oxygens (including phenoxy) is 2. The molecule has 1 aliphatic heterocycles. The molecule has 5 N–H and O–H groups in total. The number of carbonyl (C=O) groups excluding carboxylic acids is 1. The van der Waals surface area contributed by atoms with Crippen LogP contribution in [-0.4, -0.2) is 63.3 Å². The highest BCUT2D eigenvalue weighted by Crippen LogP contribution is 2.46. The molecule has 0 saturated carbocycles. The summed E-state index contributed by atoms with van der Waals surface area (Å²) in [6.07, 6.45) is -2.40. The number of hydrogen-bond acceptors (Lipinski definition) is 11. The van der Waals surface area contributed by atoms with E-state index in [0.29, 0.717) is 6.42 Å². The summed E-state index contributed by atoms with van der Waals surface area (Å²) >= 11 is 0. The SMILES string of the molecule is CC(C)(C)C(=O)OCCCNP(=O)(OC[C@H]1O[C@H](n2ccc(N)nc2=O)[C@](C)(O)[C@@H]1O)Oc1ccccc1. The number of nitrogens with one attached hydrogen (secondary N) is 1. The number of nitrogen functional groups attached to an aromatic ring is 1.